The van der Waals surface area contributed by atoms with Crippen molar-refractivity contribution >= 4 is 57.5 Å². The summed E-state index contributed by atoms with van der Waals surface area (Å²) in [7, 11) is 5.89. The van der Waals surface area contributed by atoms with Gasteiger partial charge >= 0.3 is 30.2 Å². The van der Waals surface area contributed by atoms with Gasteiger partial charge in [-0.3, -0.25) is 9.59 Å². The molecule has 1 amide bonds. The van der Waals surface area contributed by atoms with Crippen LogP contribution in [0.4, 0.5) is 9.59 Å². The molecule has 1 saturated heterocycles. The first kappa shape index (κ1) is 54.7. The second-order valence-electron chi connectivity index (χ2n) is 19.8. The van der Waals surface area contributed by atoms with Crippen LogP contribution in [-0.4, -0.2) is 133 Å². The Bertz CT molecular complexity index is 2270. The largest absolute Gasteiger partial charge is 0.509 e. The molecular weight excluding hydrogens is 947 g/mol. The third-order valence-electron chi connectivity index (χ3n) is 14.0. The van der Waals surface area contributed by atoms with Crippen molar-refractivity contribution in [2.24, 2.45) is 16.7 Å². The van der Waals surface area contributed by atoms with Crippen LogP contribution in [0.1, 0.15) is 104 Å². The lowest BCUT2D eigenvalue weighted by atomic mass is 9.44. The van der Waals surface area contributed by atoms with E-state index in [1.54, 1.807) is 108 Å². The monoisotopic (exact) mass is 1010 g/mol. The Kier molecular flexibility index (Phi) is 17.2. The number of carbonyl (C=O) groups is 6. The Morgan fingerprint density at radius 2 is 1.57 bits per heavy atom. The quantitative estimate of drug-likeness (QED) is 0.0515. The number of aliphatic hydroxyl groups is 1. The third kappa shape index (κ3) is 10.7. The molecule has 70 heavy (non-hydrogen) atoms. The molecule has 17 nitrogen and oxygen atoms in total. The Labute approximate surface area is 417 Å². The van der Waals surface area contributed by atoms with E-state index >= 15 is 9.59 Å². The zero-order valence-electron chi connectivity index (χ0n) is 41.7. The van der Waals surface area contributed by atoms with Gasteiger partial charge in [0.25, 0.3) is 0 Å². The third-order valence-corrected chi connectivity index (χ3v) is 16.6. The van der Waals surface area contributed by atoms with Crippen LogP contribution in [0.15, 0.2) is 71.8 Å². The molecule has 1 heterocycles. The number of ether oxygens (including phenoxy) is 9. The molecule has 4 aliphatic rings. The average molecular weight is 1010 g/mol. The van der Waals surface area contributed by atoms with Crippen molar-refractivity contribution in [2.45, 2.75) is 141 Å². The number of ketones is 1. The summed E-state index contributed by atoms with van der Waals surface area (Å²) >= 11 is 0. The molecule has 2 N–H and O–H groups in total. The molecule has 0 aromatic heterocycles. The lowest BCUT2D eigenvalue weighted by Crippen LogP contribution is -2.82. The first-order valence-corrected chi connectivity index (χ1v) is 25.9. The summed E-state index contributed by atoms with van der Waals surface area (Å²) in [6.07, 6.45) is -9.92. The van der Waals surface area contributed by atoms with Crippen LogP contribution in [0.2, 0.25) is 0 Å². The summed E-state index contributed by atoms with van der Waals surface area (Å²) in [5.74, 6) is -3.33. The van der Waals surface area contributed by atoms with Gasteiger partial charge in [0.2, 0.25) is 6.10 Å². The first-order chi connectivity index (χ1) is 33.0. The minimum atomic E-state index is -2.29. The number of alkyl carbamates (subject to hydrolysis) is 1. The van der Waals surface area contributed by atoms with Crippen LogP contribution in [0, 0.1) is 16.7 Å². The van der Waals surface area contributed by atoms with Gasteiger partial charge in [0.05, 0.1) is 29.6 Å². The van der Waals surface area contributed by atoms with E-state index in [4.69, 9.17) is 42.6 Å². The van der Waals surface area contributed by atoms with Crippen molar-refractivity contribution in [3.8, 4) is 0 Å². The van der Waals surface area contributed by atoms with Gasteiger partial charge in [0.1, 0.15) is 48.3 Å². The summed E-state index contributed by atoms with van der Waals surface area (Å²) in [5, 5.41) is 16.7. The number of esters is 3. The van der Waals surface area contributed by atoms with E-state index < -0.39 is 119 Å². The number of nitrogens with one attached hydrogen (secondary N) is 1. The number of rotatable bonds is 17. The van der Waals surface area contributed by atoms with Crippen LogP contribution in [0.25, 0.3) is 0 Å². The standard InChI is InChI=1S/C51H67NO16S2/c1-12-24-69-70-25-23-62-46(58)65-39(37(31-19-15-13-16-20-31)52-45(57)68-47(4,5)6)44(56)64-33-27-51(59)42(66-43(55)32-21-17-14-18-22-32)40-49(9,41(54)38(61-11)36(29(33)2)48(51,7)8)34(60-10)26-35-50(40,28-63-35)67-30(3)53/h13-22,33-35,37-40,42,59H,12,23-28H2,1-11H3,(H,52,57)/t33-,34-,35+,37-,38+,39+,40-,42-,49+,50-,51+/m0/s1. The molecule has 6 rings (SSSR count). The van der Waals surface area contributed by atoms with Gasteiger partial charge in [-0.1, -0.05) is 90.9 Å². The van der Waals surface area contributed by atoms with Gasteiger partial charge in [-0.05, 0) is 69.9 Å². The number of amides is 1. The van der Waals surface area contributed by atoms with Gasteiger partial charge in [0.15, 0.2) is 11.4 Å². The number of fused-ring (bicyclic) bond motifs is 5. The van der Waals surface area contributed by atoms with Gasteiger partial charge in [-0.2, -0.15) is 0 Å². The predicted molar refractivity (Wildman–Crippen MR) is 259 cm³/mol. The minimum Gasteiger partial charge on any atom is -0.455 e. The Hall–Kier alpha value is -4.66. The molecule has 0 radical (unpaired) electrons. The summed E-state index contributed by atoms with van der Waals surface area (Å²) in [6, 6.07) is 14.9. The maximum atomic E-state index is 15.8. The van der Waals surface area contributed by atoms with E-state index in [0.717, 1.165) is 12.2 Å². The zero-order chi connectivity index (χ0) is 51.4. The normalized spacial score (nSPS) is 29.8. The van der Waals surface area contributed by atoms with E-state index in [2.05, 4.69) is 5.32 Å². The summed E-state index contributed by atoms with van der Waals surface area (Å²) in [4.78, 5) is 85.7. The van der Waals surface area contributed by atoms with E-state index in [9.17, 15) is 24.3 Å². The number of benzene rings is 2. The molecule has 384 valence electrons. The molecule has 0 spiro atoms. The SMILES string of the molecule is CCCSSCCOC(=O)O[C@@H](C(=O)O[C@H]1C[C@@]2(O)[C@@H](OC(=O)c3ccccc3)[C@@H]3[C@]4(OC(C)=O)CO[C@@H]4C[C@H](OC)[C@@]3(C)C(=O)[C@H](OC)C(=C1C)C2(C)C)[C@@H](NC(=O)OC(C)(C)C)c1ccccc1. The number of carbonyl (C=O) groups excluding carboxylic acids is 6. The second kappa shape index (κ2) is 22.0. The molecule has 0 unspecified atom stereocenters. The molecule has 2 saturated carbocycles. The van der Waals surface area contributed by atoms with E-state index in [1.165, 1.54) is 44.1 Å². The van der Waals surface area contributed by atoms with Gasteiger partial charge in [-0.25, -0.2) is 19.2 Å². The van der Waals surface area contributed by atoms with E-state index in [-0.39, 0.29) is 30.8 Å². The molecule has 1 aliphatic heterocycles. The molecule has 2 aromatic carbocycles. The average Bonchev–Trinajstić information content (AvgIpc) is 3.30. The molecule has 2 aromatic rings. The van der Waals surface area contributed by atoms with Crippen LogP contribution in [0.5, 0.6) is 0 Å². The predicted octanol–water partition coefficient (Wildman–Crippen LogP) is 7.52. The highest BCUT2D eigenvalue weighted by atomic mass is 33.1. The minimum absolute atomic E-state index is 0.0618. The zero-order valence-corrected chi connectivity index (χ0v) is 43.4. The number of hydrogen-bond donors (Lipinski definition) is 2. The fourth-order valence-electron chi connectivity index (χ4n) is 10.7. The van der Waals surface area contributed by atoms with Crippen LogP contribution >= 0.6 is 21.6 Å². The fraction of sp³-hybridized carbons (Fsp3) is 0.608. The van der Waals surface area contributed by atoms with Crippen molar-refractivity contribution < 1.29 is 76.5 Å². The van der Waals surface area contributed by atoms with Crippen molar-refractivity contribution in [2.75, 3.05) is 38.9 Å². The van der Waals surface area contributed by atoms with Crippen molar-refractivity contribution in [3.63, 3.8) is 0 Å². The van der Waals surface area contributed by atoms with Crippen LogP contribution in [0.3, 0.4) is 0 Å². The van der Waals surface area contributed by atoms with E-state index in [1.807, 2.05) is 6.92 Å². The van der Waals surface area contributed by atoms with Crippen molar-refractivity contribution in [1.82, 2.24) is 5.32 Å². The van der Waals surface area contributed by atoms with Gasteiger partial charge < -0.3 is 53.1 Å². The molecule has 11 atom stereocenters. The molecule has 2 bridgehead atoms. The Morgan fingerprint density at radius 1 is 0.929 bits per heavy atom. The number of methoxy groups -OCH3 is 2. The fourth-order valence-corrected chi connectivity index (χ4v) is 12.6. The molecule has 19 heteroatoms. The molecule has 3 aliphatic carbocycles. The highest BCUT2D eigenvalue weighted by molar-refractivity contribution is 8.76. The Balaban J connectivity index is 1.51. The summed E-state index contributed by atoms with van der Waals surface area (Å²) < 4.78 is 54.4. The summed E-state index contributed by atoms with van der Waals surface area (Å²) in [5.41, 5.74) is -7.16. The van der Waals surface area contributed by atoms with Gasteiger partial charge in [0, 0.05) is 50.9 Å². The second-order valence-corrected chi connectivity index (χ2v) is 22.5. The first-order valence-electron chi connectivity index (χ1n) is 23.4. The van der Waals surface area contributed by atoms with Gasteiger partial charge in [-0.15, -0.1) is 0 Å². The maximum Gasteiger partial charge on any atom is 0.509 e. The van der Waals surface area contributed by atoms with E-state index in [0.29, 0.717) is 16.9 Å². The molecular formula is C51H67NO16S2. The smallest absolute Gasteiger partial charge is 0.455 e. The summed E-state index contributed by atoms with van der Waals surface area (Å²) in [6.45, 7) is 14.6. The number of Topliss-reactive ketones (excluding diaryl/α,β-unsaturated/α-hetero) is 1. The lowest BCUT2D eigenvalue weighted by Gasteiger charge is -2.67. The molecule has 3 fully saturated rings. The highest BCUT2D eigenvalue weighted by Gasteiger charge is 2.78. The van der Waals surface area contributed by atoms with Crippen LogP contribution < -0.4 is 5.32 Å². The van der Waals surface area contributed by atoms with Crippen molar-refractivity contribution in [1.29, 1.82) is 0 Å². The Morgan fingerprint density at radius 3 is 2.14 bits per heavy atom. The van der Waals surface area contributed by atoms with Crippen LogP contribution in [-0.2, 0) is 57.0 Å². The van der Waals surface area contributed by atoms with Crippen molar-refractivity contribution in [3.05, 3.63) is 82.9 Å². The maximum absolute atomic E-state index is 15.8. The lowest BCUT2D eigenvalue weighted by molar-refractivity contribution is -0.347. The number of hydrogen-bond acceptors (Lipinski definition) is 18. The highest BCUT2D eigenvalue weighted by Crippen LogP contribution is 2.65. The topological polar surface area (TPSA) is 218 Å².